The molecular formula is C10H15N5O3. The third kappa shape index (κ3) is 1.83. The summed E-state index contributed by atoms with van der Waals surface area (Å²) in [5.74, 6) is 0. The van der Waals surface area contributed by atoms with Crippen molar-refractivity contribution >= 4 is 0 Å². The molecule has 18 heavy (non-hydrogen) atoms. The number of nitro groups is 1. The minimum atomic E-state index is -1.39. The molecule has 2 aliphatic heterocycles. The fraction of sp³-hybridized carbons (Fsp3) is 0.700. The van der Waals surface area contributed by atoms with Gasteiger partial charge in [0.1, 0.15) is 13.1 Å². The van der Waals surface area contributed by atoms with E-state index in [2.05, 4.69) is 15.2 Å². The number of aromatic nitrogens is 2. The van der Waals surface area contributed by atoms with Crippen LogP contribution in [-0.2, 0) is 6.54 Å². The van der Waals surface area contributed by atoms with Crippen molar-refractivity contribution in [2.75, 3.05) is 32.7 Å². The van der Waals surface area contributed by atoms with Gasteiger partial charge in [0.2, 0.25) is 0 Å². The van der Waals surface area contributed by atoms with Crippen molar-refractivity contribution < 1.29 is 9.66 Å². The van der Waals surface area contributed by atoms with Crippen molar-refractivity contribution in [1.82, 2.24) is 19.8 Å². The highest BCUT2D eigenvalue weighted by Gasteiger charge is 2.53. The molecule has 1 fully saturated rings. The maximum atomic E-state index is 11.4. The highest BCUT2D eigenvalue weighted by molar-refractivity contribution is 5.06. The molecule has 3 rings (SSSR count). The predicted octanol–water partition coefficient (Wildman–Crippen LogP) is -0.846. The second kappa shape index (κ2) is 4.21. The molecule has 0 amide bonds. The second-order valence-electron chi connectivity index (χ2n) is 4.67. The van der Waals surface area contributed by atoms with Gasteiger partial charge in [-0.25, -0.2) is 4.98 Å². The van der Waals surface area contributed by atoms with Crippen molar-refractivity contribution in [3.63, 3.8) is 0 Å². The molecule has 1 unspecified atom stereocenters. The lowest BCUT2D eigenvalue weighted by molar-refractivity contribution is -0.614. The number of imidazole rings is 1. The smallest absolute Gasteiger partial charge is 0.392 e. The number of ether oxygens (including phenoxy) is 1. The average molecular weight is 253 g/mol. The van der Waals surface area contributed by atoms with Gasteiger partial charge >= 0.3 is 11.7 Å². The van der Waals surface area contributed by atoms with Crippen molar-refractivity contribution in [2.45, 2.75) is 12.3 Å². The SMILES string of the molecule is O=[N+]([O-])C1(CN2CCNCC2)Cn2ccnc2O1. The molecule has 0 radical (unpaired) electrons. The summed E-state index contributed by atoms with van der Waals surface area (Å²) in [6.45, 7) is 3.85. The highest BCUT2D eigenvalue weighted by atomic mass is 16.7. The lowest BCUT2D eigenvalue weighted by Crippen LogP contribution is -2.56. The van der Waals surface area contributed by atoms with E-state index in [1.165, 1.54) is 0 Å². The molecular weight excluding hydrogens is 238 g/mol. The van der Waals surface area contributed by atoms with E-state index in [4.69, 9.17) is 4.74 Å². The number of fused-ring (bicyclic) bond motifs is 1. The van der Waals surface area contributed by atoms with E-state index >= 15 is 0 Å². The van der Waals surface area contributed by atoms with E-state index in [0.29, 0.717) is 12.6 Å². The molecule has 0 aliphatic carbocycles. The number of hydrogen-bond donors (Lipinski definition) is 1. The number of nitrogens with zero attached hydrogens (tertiary/aromatic N) is 4. The Labute approximate surface area is 104 Å². The van der Waals surface area contributed by atoms with Crippen molar-refractivity contribution in [2.24, 2.45) is 0 Å². The maximum Gasteiger partial charge on any atom is 0.395 e. The van der Waals surface area contributed by atoms with Gasteiger partial charge in [0.15, 0.2) is 0 Å². The van der Waals surface area contributed by atoms with Crippen LogP contribution in [0.4, 0.5) is 0 Å². The Bertz CT molecular complexity index is 434. The summed E-state index contributed by atoms with van der Waals surface area (Å²) in [4.78, 5) is 17.1. The maximum absolute atomic E-state index is 11.4. The molecule has 3 heterocycles. The van der Waals surface area contributed by atoms with Crippen molar-refractivity contribution in [1.29, 1.82) is 0 Å². The summed E-state index contributed by atoms with van der Waals surface area (Å²) >= 11 is 0. The van der Waals surface area contributed by atoms with Crippen LogP contribution in [0.25, 0.3) is 0 Å². The molecule has 1 aromatic rings. The van der Waals surface area contributed by atoms with Crippen LogP contribution in [0.2, 0.25) is 0 Å². The lowest BCUT2D eigenvalue weighted by atomic mass is 10.2. The van der Waals surface area contributed by atoms with E-state index in [1.807, 2.05) is 0 Å². The summed E-state index contributed by atoms with van der Waals surface area (Å²) in [5, 5.41) is 14.6. The molecule has 1 saturated heterocycles. The number of piperazine rings is 1. The minimum absolute atomic E-state index is 0.221. The van der Waals surface area contributed by atoms with Crippen molar-refractivity contribution in [3.8, 4) is 6.01 Å². The number of hydrogen-bond acceptors (Lipinski definition) is 6. The Morgan fingerprint density at radius 1 is 1.56 bits per heavy atom. The Kier molecular flexibility index (Phi) is 2.67. The third-order valence-corrected chi connectivity index (χ3v) is 3.39. The van der Waals surface area contributed by atoms with E-state index in [-0.39, 0.29) is 11.5 Å². The molecule has 8 heteroatoms. The van der Waals surface area contributed by atoms with Crippen LogP contribution in [0.5, 0.6) is 6.01 Å². The first-order valence-electron chi connectivity index (χ1n) is 5.97. The summed E-state index contributed by atoms with van der Waals surface area (Å²) in [6, 6.07) is 0.335. The van der Waals surface area contributed by atoms with Crippen LogP contribution in [0.1, 0.15) is 0 Å². The van der Waals surface area contributed by atoms with Gasteiger partial charge in [-0.2, -0.15) is 0 Å². The van der Waals surface area contributed by atoms with Crippen LogP contribution < -0.4 is 10.1 Å². The first-order valence-corrected chi connectivity index (χ1v) is 5.97. The topological polar surface area (TPSA) is 85.5 Å². The molecule has 0 saturated carbocycles. The first-order chi connectivity index (χ1) is 8.70. The zero-order valence-electron chi connectivity index (χ0n) is 9.91. The Hall–Kier alpha value is -1.67. The summed E-state index contributed by atoms with van der Waals surface area (Å²) in [7, 11) is 0. The normalized spacial score (nSPS) is 27.8. The fourth-order valence-electron chi connectivity index (χ4n) is 2.44. The predicted molar refractivity (Wildman–Crippen MR) is 61.9 cm³/mol. The summed E-state index contributed by atoms with van der Waals surface area (Å²) in [5.41, 5.74) is -1.39. The van der Waals surface area contributed by atoms with E-state index in [0.717, 1.165) is 26.2 Å². The molecule has 2 aliphatic rings. The Balaban J connectivity index is 1.77. The largest absolute Gasteiger partial charge is 0.395 e. The number of nitrogens with one attached hydrogen (secondary N) is 1. The van der Waals surface area contributed by atoms with Gasteiger partial charge in [-0.15, -0.1) is 0 Å². The molecule has 98 valence electrons. The second-order valence-corrected chi connectivity index (χ2v) is 4.67. The van der Waals surface area contributed by atoms with Gasteiger partial charge < -0.3 is 10.1 Å². The molecule has 0 aromatic carbocycles. The van der Waals surface area contributed by atoms with Crippen LogP contribution in [-0.4, -0.2) is 57.8 Å². The van der Waals surface area contributed by atoms with Gasteiger partial charge in [0.25, 0.3) is 0 Å². The zero-order valence-corrected chi connectivity index (χ0v) is 9.91. The average Bonchev–Trinajstić information content (AvgIpc) is 2.89. The molecule has 8 nitrogen and oxygen atoms in total. The summed E-state index contributed by atoms with van der Waals surface area (Å²) < 4.78 is 7.17. The van der Waals surface area contributed by atoms with Gasteiger partial charge in [-0.3, -0.25) is 19.6 Å². The zero-order chi connectivity index (χ0) is 12.6. The van der Waals surface area contributed by atoms with Gasteiger partial charge in [-0.05, 0) is 0 Å². The van der Waals surface area contributed by atoms with Crippen LogP contribution in [0.15, 0.2) is 12.4 Å². The van der Waals surface area contributed by atoms with Crippen molar-refractivity contribution in [3.05, 3.63) is 22.5 Å². The van der Waals surface area contributed by atoms with Crippen LogP contribution in [0, 0.1) is 10.1 Å². The van der Waals surface area contributed by atoms with Gasteiger partial charge in [0.05, 0.1) is 4.92 Å². The standard InChI is InChI=1S/C10H15N5O3/c16-15(17)10(7-13-4-1-11-2-5-13)8-14-6-3-12-9(14)18-10/h3,6,11H,1-2,4-5,7-8H2. The van der Waals surface area contributed by atoms with Gasteiger partial charge in [-0.1, -0.05) is 0 Å². The van der Waals surface area contributed by atoms with E-state index < -0.39 is 5.72 Å². The van der Waals surface area contributed by atoms with Gasteiger partial charge in [0, 0.05) is 38.6 Å². The minimum Gasteiger partial charge on any atom is -0.392 e. The monoisotopic (exact) mass is 253 g/mol. The van der Waals surface area contributed by atoms with Crippen LogP contribution in [0.3, 0.4) is 0 Å². The Morgan fingerprint density at radius 3 is 3.00 bits per heavy atom. The lowest BCUT2D eigenvalue weighted by Gasteiger charge is -2.30. The molecule has 0 spiro atoms. The fourth-order valence-corrected chi connectivity index (χ4v) is 2.44. The first kappa shape index (κ1) is 11.4. The van der Waals surface area contributed by atoms with E-state index in [1.54, 1.807) is 17.0 Å². The Morgan fingerprint density at radius 2 is 2.33 bits per heavy atom. The molecule has 0 bridgehead atoms. The quantitative estimate of drug-likeness (QED) is 0.558. The molecule has 1 aromatic heterocycles. The highest BCUT2D eigenvalue weighted by Crippen LogP contribution is 2.29. The molecule has 1 atom stereocenters. The van der Waals surface area contributed by atoms with E-state index in [9.17, 15) is 10.1 Å². The number of rotatable bonds is 3. The van der Waals surface area contributed by atoms with Crippen LogP contribution >= 0.6 is 0 Å². The third-order valence-electron chi connectivity index (χ3n) is 3.39. The summed E-state index contributed by atoms with van der Waals surface area (Å²) in [6.07, 6.45) is 3.29. The molecule has 1 N–H and O–H groups in total.